The molecule has 6 heteroatoms. The van der Waals surface area contributed by atoms with Crippen molar-refractivity contribution in [2.75, 3.05) is 0 Å². The number of hydrogen-bond acceptors (Lipinski definition) is 5. The van der Waals surface area contributed by atoms with Crippen LogP contribution in [0.2, 0.25) is 0 Å². The van der Waals surface area contributed by atoms with Gasteiger partial charge in [-0.15, -0.1) is 11.3 Å². The van der Waals surface area contributed by atoms with Crippen LogP contribution in [0.25, 0.3) is 22.6 Å². The lowest BCUT2D eigenvalue weighted by molar-refractivity contribution is 0.0946. The van der Waals surface area contributed by atoms with Gasteiger partial charge in [-0.05, 0) is 74.6 Å². The number of rotatable bonds is 5. The SMILES string of the molecule is Cc1ccc(C(=O)C[C@@H]2CCC[C@H](n3c(-c4ccccn4)nc4cc(C#N)ccc43)C2)s1. The Hall–Kier alpha value is -3.30. The molecule has 1 aromatic carbocycles. The zero-order valence-electron chi connectivity index (χ0n) is 18.0. The number of nitriles is 1. The van der Waals surface area contributed by atoms with E-state index in [-0.39, 0.29) is 11.8 Å². The first-order chi connectivity index (χ1) is 15.6. The zero-order chi connectivity index (χ0) is 22.1. The van der Waals surface area contributed by atoms with Crippen LogP contribution in [0.3, 0.4) is 0 Å². The Morgan fingerprint density at radius 1 is 1.22 bits per heavy atom. The summed E-state index contributed by atoms with van der Waals surface area (Å²) < 4.78 is 2.30. The van der Waals surface area contributed by atoms with Crippen molar-refractivity contribution in [3.8, 4) is 17.6 Å². The molecule has 0 bridgehead atoms. The molecule has 0 unspecified atom stereocenters. The molecular formula is C26H24N4OS. The molecule has 5 rings (SSSR count). The molecule has 2 atom stereocenters. The minimum atomic E-state index is 0.251. The first kappa shape index (κ1) is 20.6. The average Bonchev–Trinajstić information content (AvgIpc) is 3.43. The van der Waals surface area contributed by atoms with E-state index in [1.54, 1.807) is 17.5 Å². The van der Waals surface area contributed by atoms with Crippen molar-refractivity contribution in [2.45, 2.75) is 45.1 Å². The summed E-state index contributed by atoms with van der Waals surface area (Å²) in [6, 6.07) is 18.0. The molecule has 3 aromatic heterocycles. The smallest absolute Gasteiger partial charge is 0.173 e. The number of thiophene rings is 1. The van der Waals surface area contributed by atoms with Gasteiger partial charge in [0.15, 0.2) is 11.6 Å². The van der Waals surface area contributed by atoms with E-state index < -0.39 is 0 Å². The number of aryl methyl sites for hydroxylation is 1. The first-order valence-corrected chi connectivity index (χ1v) is 11.9. The molecule has 0 amide bonds. The van der Waals surface area contributed by atoms with Crippen LogP contribution in [0.15, 0.2) is 54.7 Å². The predicted octanol–water partition coefficient (Wildman–Crippen LogP) is 6.34. The molecule has 0 saturated heterocycles. The summed E-state index contributed by atoms with van der Waals surface area (Å²) in [7, 11) is 0. The summed E-state index contributed by atoms with van der Waals surface area (Å²) in [5.41, 5.74) is 3.27. The molecule has 1 saturated carbocycles. The van der Waals surface area contributed by atoms with Gasteiger partial charge in [-0.3, -0.25) is 9.78 Å². The van der Waals surface area contributed by atoms with Crippen LogP contribution in [-0.4, -0.2) is 20.3 Å². The highest BCUT2D eigenvalue weighted by Crippen LogP contribution is 2.39. The standard InChI is InChI=1S/C26H24N4OS/c1-17-8-11-25(32-17)24(31)15-18-5-4-6-20(13-18)30-23-10-9-19(16-27)14-22(23)29-26(30)21-7-2-3-12-28-21/h2-3,7-12,14,18,20H,4-6,13,15H2,1H3/t18-,20+/m1/s1. The van der Waals surface area contributed by atoms with Crippen LogP contribution < -0.4 is 0 Å². The quantitative estimate of drug-likeness (QED) is 0.339. The number of Topliss-reactive ketones (excluding diaryl/α,β-unsaturated/α-hetero) is 1. The van der Waals surface area contributed by atoms with Crippen LogP contribution in [0.4, 0.5) is 0 Å². The summed E-state index contributed by atoms with van der Waals surface area (Å²) >= 11 is 1.59. The highest BCUT2D eigenvalue weighted by Gasteiger charge is 2.29. The van der Waals surface area contributed by atoms with E-state index in [0.29, 0.717) is 17.9 Å². The maximum Gasteiger partial charge on any atom is 0.173 e. The van der Waals surface area contributed by atoms with Crippen molar-refractivity contribution in [2.24, 2.45) is 5.92 Å². The number of nitrogens with zero attached hydrogens (tertiary/aromatic N) is 4. The van der Waals surface area contributed by atoms with Gasteiger partial charge in [0.25, 0.3) is 0 Å². The Balaban J connectivity index is 1.49. The van der Waals surface area contributed by atoms with E-state index in [1.165, 1.54) is 4.88 Å². The minimum absolute atomic E-state index is 0.251. The van der Waals surface area contributed by atoms with Crippen molar-refractivity contribution < 1.29 is 4.79 Å². The fourth-order valence-corrected chi connectivity index (χ4v) is 5.66. The van der Waals surface area contributed by atoms with Crippen molar-refractivity contribution in [3.05, 3.63) is 70.0 Å². The average molecular weight is 441 g/mol. The van der Waals surface area contributed by atoms with Gasteiger partial charge >= 0.3 is 0 Å². The van der Waals surface area contributed by atoms with Crippen LogP contribution in [0, 0.1) is 24.2 Å². The number of fused-ring (bicyclic) bond motifs is 1. The number of carbonyl (C=O) groups is 1. The summed E-state index contributed by atoms with van der Waals surface area (Å²) in [4.78, 5) is 24.3. The molecule has 1 aliphatic rings. The number of pyridine rings is 1. The van der Waals surface area contributed by atoms with Crippen LogP contribution in [0.1, 0.15) is 58.3 Å². The second kappa shape index (κ2) is 8.68. The molecule has 5 nitrogen and oxygen atoms in total. The lowest BCUT2D eigenvalue weighted by Crippen LogP contribution is -2.22. The van der Waals surface area contributed by atoms with E-state index in [0.717, 1.165) is 53.1 Å². The summed E-state index contributed by atoms with van der Waals surface area (Å²) in [6.07, 6.45) is 6.54. The summed E-state index contributed by atoms with van der Waals surface area (Å²) in [5.74, 6) is 1.45. The van der Waals surface area contributed by atoms with Crippen molar-refractivity contribution >= 4 is 28.2 Å². The van der Waals surface area contributed by atoms with Gasteiger partial charge in [-0.1, -0.05) is 12.5 Å². The van der Waals surface area contributed by atoms with Gasteiger partial charge in [0, 0.05) is 23.5 Å². The van der Waals surface area contributed by atoms with E-state index >= 15 is 0 Å². The van der Waals surface area contributed by atoms with Crippen LogP contribution >= 0.6 is 11.3 Å². The van der Waals surface area contributed by atoms with E-state index in [1.807, 2.05) is 55.5 Å². The molecule has 160 valence electrons. The maximum absolute atomic E-state index is 12.8. The van der Waals surface area contributed by atoms with Gasteiger partial charge in [-0.25, -0.2) is 4.98 Å². The molecule has 0 spiro atoms. The van der Waals surface area contributed by atoms with Gasteiger partial charge in [0.05, 0.1) is 27.5 Å². The van der Waals surface area contributed by atoms with Crippen LogP contribution in [-0.2, 0) is 0 Å². The number of aromatic nitrogens is 3. The zero-order valence-corrected chi connectivity index (χ0v) is 18.8. The molecule has 32 heavy (non-hydrogen) atoms. The topological polar surface area (TPSA) is 71.6 Å². The Morgan fingerprint density at radius 2 is 2.12 bits per heavy atom. The summed E-state index contributed by atoms with van der Waals surface area (Å²) in [5, 5.41) is 9.32. The Labute approximate surface area is 191 Å². The third-order valence-corrected chi connectivity index (χ3v) is 7.36. The third-order valence-electron chi connectivity index (χ3n) is 6.32. The number of ketones is 1. The first-order valence-electron chi connectivity index (χ1n) is 11.1. The third kappa shape index (κ3) is 3.96. The molecule has 0 N–H and O–H groups in total. The highest BCUT2D eigenvalue weighted by atomic mass is 32.1. The molecular weight excluding hydrogens is 416 g/mol. The van der Waals surface area contributed by atoms with Crippen molar-refractivity contribution in [1.29, 1.82) is 5.26 Å². The Kier molecular flexibility index (Phi) is 5.59. The van der Waals surface area contributed by atoms with E-state index in [2.05, 4.69) is 15.6 Å². The van der Waals surface area contributed by atoms with E-state index in [4.69, 9.17) is 4.98 Å². The Bertz CT molecular complexity index is 1310. The minimum Gasteiger partial charge on any atom is -0.320 e. The lowest BCUT2D eigenvalue weighted by atomic mass is 9.82. The molecule has 0 aliphatic heterocycles. The van der Waals surface area contributed by atoms with Gasteiger partial charge in [0.1, 0.15) is 5.69 Å². The Morgan fingerprint density at radius 3 is 2.88 bits per heavy atom. The number of hydrogen-bond donors (Lipinski definition) is 0. The largest absolute Gasteiger partial charge is 0.320 e. The van der Waals surface area contributed by atoms with E-state index in [9.17, 15) is 10.1 Å². The second-order valence-electron chi connectivity index (χ2n) is 8.56. The van der Waals surface area contributed by atoms with Gasteiger partial charge in [-0.2, -0.15) is 5.26 Å². The molecule has 0 radical (unpaired) electrons. The van der Waals surface area contributed by atoms with Crippen LogP contribution in [0.5, 0.6) is 0 Å². The van der Waals surface area contributed by atoms with Gasteiger partial charge in [0.2, 0.25) is 0 Å². The fourth-order valence-electron chi connectivity index (χ4n) is 4.84. The van der Waals surface area contributed by atoms with Gasteiger partial charge < -0.3 is 4.57 Å². The van der Waals surface area contributed by atoms with Crippen molar-refractivity contribution in [1.82, 2.24) is 14.5 Å². The number of carbonyl (C=O) groups excluding carboxylic acids is 1. The summed E-state index contributed by atoms with van der Waals surface area (Å²) in [6.45, 7) is 2.04. The second-order valence-corrected chi connectivity index (χ2v) is 9.85. The highest BCUT2D eigenvalue weighted by molar-refractivity contribution is 7.14. The fraction of sp³-hybridized carbons (Fsp3) is 0.308. The van der Waals surface area contributed by atoms with Crippen molar-refractivity contribution in [3.63, 3.8) is 0 Å². The molecule has 1 fully saturated rings. The molecule has 1 aliphatic carbocycles. The maximum atomic E-state index is 12.8. The molecule has 3 heterocycles. The predicted molar refractivity (Wildman–Crippen MR) is 127 cm³/mol. The lowest BCUT2D eigenvalue weighted by Gasteiger charge is -2.31. The monoisotopic (exact) mass is 440 g/mol. The normalized spacial score (nSPS) is 18.5. The number of benzene rings is 1. The number of imidazole rings is 1. The molecule has 4 aromatic rings.